The van der Waals surface area contributed by atoms with Gasteiger partial charge in [-0.05, 0) is 178 Å². The molecular formula is C67H79FN12O8. The van der Waals surface area contributed by atoms with Crippen molar-refractivity contribution in [3.05, 3.63) is 94.6 Å². The summed E-state index contributed by atoms with van der Waals surface area (Å²) < 4.78 is 18.0. The van der Waals surface area contributed by atoms with Crippen molar-refractivity contribution in [1.29, 1.82) is 0 Å². The topological polar surface area (TPSA) is 232 Å². The molecule has 2 aliphatic carbocycles. The number of anilines is 4. The van der Waals surface area contributed by atoms with Crippen molar-refractivity contribution in [3.8, 4) is 11.3 Å². The smallest absolute Gasteiger partial charge is 0.264 e. The maximum absolute atomic E-state index is 16.0. The lowest BCUT2D eigenvalue weighted by Gasteiger charge is -2.48. The second-order valence-corrected chi connectivity index (χ2v) is 26.6. The van der Waals surface area contributed by atoms with E-state index in [0.717, 1.165) is 54.1 Å². The number of halogens is 1. The van der Waals surface area contributed by atoms with Crippen LogP contribution >= 0.6 is 0 Å². The molecule has 6 fully saturated rings. The Morgan fingerprint density at radius 1 is 0.795 bits per heavy atom. The minimum Gasteiger partial charge on any atom is -0.382 e. The van der Waals surface area contributed by atoms with Crippen LogP contribution in [0.25, 0.3) is 22.3 Å². The molecule has 4 N–H and O–H groups in total. The normalized spacial score (nSPS) is 24.6. The molecule has 8 aliphatic rings. The summed E-state index contributed by atoms with van der Waals surface area (Å²) in [7, 11) is 0. The summed E-state index contributed by atoms with van der Waals surface area (Å²) in [5.74, 6) is -2.57. The van der Waals surface area contributed by atoms with Crippen LogP contribution in [0.3, 0.4) is 0 Å². The van der Waals surface area contributed by atoms with Gasteiger partial charge < -0.3 is 40.1 Å². The third-order valence-electron chi connectivity index (χ3n) is 20.3. The zero-order chi connectivity index (χ0) is 61.4. The van der Waals surface area contributed by atoms with Gasteiger partial charge in [-0.1, -0.05) is 24.6 Å². The highest BCUT2D eigenvalue weighted by molar-refractivity contribution is 6.25. The standard InChI is InChI=1S/C67H79FN12O8/c1-37(2)70-61(83)47-33-52(49(68)28-39(47)5)73-60-59-53(69-36-78(59)38(3)4)34-51(72-60)42-14-17-48-55(30-42)79(45-31-44(32-45)75-23-7-6-8-24-75)66(88)67(48)21-26-76(27-22-67)57(82)29-40-20-25-77(35-40)63(85)41-12-15-43(16-13-41)71-50-11-9-10-46-58(50)65(87)80(64(46)86)54-18-19-56(81)74-62(54)84/h9-11,14,17,28,30,33-34,36-38,40-41,43-45,54,71H,6-8,12-13,15-16,18-27,29,31-32,35H2,1-5H3,(H,70,83)(H,72,73)(H,74,81,84)/t40-,41?,43?,44?,45?,54?/m1/s1. The lowest BCUT2D eigenvalue weighted by atomic mass is 9.73. The number of nitrogens with zero attached hydrogens (tertiary/aromatic N) is 8. The summed E-state index contributed by atoms with van der Waals surface area (Å²) in [6.45, 7) is 13.7. The Balaban J connectivity index is 0.674. The number of carbonyl (C=O) groups is 8. The Bertz CT molecular complexity index is 3680. The number of piperidine rings is 3. The van der Waals surface area contributed by atoms with Gasteiger partial charge >= 0.3 is 0 Å². The molecule has 1 unspecified atom stereocenters. The van der Waals surface area contributed by atoms with Crippen molar-refractivity contribution in [2.24, 2.45) is 11.8 Å². The van der Waals surface area contributed by atoms with Crippen LogP contribution in [0.2, 0.25) is 0 Å². The van der Waals surface area contributed by atoms with Crippen molar-refractivity contribution in [3.63, 3.8) is 0 Å². The predicted octanol–water partition coefficient (Wildman–Crippen LogP) is 8.54. The third kappa shape index (κ3) is 10.7. The lowest BCUT2D eigenvalue weighted by molar-refractivity contribution is -0.137. The van der Waals surface area contributed by atoms with Gasteiger partial charge in [0.2, 0.25) is 29.5 Å². The van der Waals surface area contributed by atoms with Gasteiger partial charge in [-0.2, -0.15) is 0 Å². The molecule has 20 nitrogen and oxygen atoms in total. The van der Waals surface area contributed by atoms with Crippen molar-refractivity contribution >= 4 is 81.2 Å². The first-order chi connectivity index (χ1) is 42.3. The van der Waals surface area contributed by atoms with Gasteiger partial charge in [0.15, 0.2) is 5.82 Å². The number of aromatic nitrogens is 3. The van der Waals surface area contributed by atoms with E-state index in [4.69, 9.17) is 9.97 Å². The lowest BCUT2D eigenvalue weighted by Crippen LogP contribution is -2.58. The number of benzene rings is 3. The van der Waals surface area contributed by atoms with Gasteiger partial charge in [-0.25, -0.2) is 14.4 Å². The molecule has 1 spiro atoms. The van der Waals surface area contributed by atoms with E-state index in [0.29, 0.717) is 117 Å². The molecular weight excluding hydrogens is 1120 g/mol. The zero-order valence-corrected chi connectivity index (χ0v) is 51.0. The number of hydrogen-bond acceptors (Lipinski definition) is 13. The second-order valence-electron chi connectivity index (χ2n) is 26.6. The fourth-order valence-electron chi connectivity index (χ4n) is 15.4. The minimum absolute atomic E-state index is 0.00140. The molecule has 4 saturated heterocycles. The average molecular weight is 1200 g/mol. The molecule has 8 amide bonds. The van der Waals surface area contributed by atoms with Crippen LogP contribution in [-0.4, -0.2) is 151 Å². The summed E-state index contributed by atoms with van der Waals surface area (Å²) in [5, 5.41) is 11.9. The first kappa shape index (κ1) is 58.9. The van der Waals surface area contributed by atoms with Crippen molar-refractivity contribution < 1.29 is 42.7 Å². The van der Waals surface area contributed by atoms with Crippen molar-refractivity contribution in [2.45, 2.75) is 173 Å². The minimum atomic E-state index is -1.05. The number of pyridine rings is 1. The van der Waals surface area contributed by atoms with Crippen LogP contribution in [-0.2, 0) is 29.4 Å². The number of imidazole rings is 1. The molecule has 2 atom stereocenters. The van der Waals surface area contributed by atoms with E-state index in [1.165, 1.54) is 31.4 Å². The molecule has 8 heterocycles. The fourth-order valence-corrected chi connectivity index (χ4v) is 15.4. The molecule has 5 aromatic rings. The van der Waals surface area contributed by atoms with Crippen LogP contribution in [0.15, 0.2) is 60.9 Å². The first-order valence-electron chi connectivity index (χ1n) is 32.0. The molecule has 2 aromatic heterocycles. The summed E-state index contributed by atoms with van der Waals surface area (Å²) in [6, 6.07) is 15.3. The van der Waals surface area contributed by atoms with E-state index in [1.54, 1.807) is 31.5 Å². The van der Waals surface area contributed by atoms with Gasteiger partial charge in [0, 0.05) is 97.6 Å². The fraction of sp³-hybridized carbons (Fsp3) is 0.522. The maximum Gasteiger partial charge on any atom is 0.264 e. The highest BCUT2D eigenvalue weighted by atomic mass is 19.1. The Hall–Kier alpha value is -8.07. The quantitative estimate of drug-likeness (QED) is 0.0765. The summed E-state index contributed by atoms with van der Waals surface area (Å²) in [6.07, 6.45) is 12.0. The SMILES string of the molecule is Cc1cc(F)c(Nc2nc(-c3ccc4c(c3)N(C3CC(N5CCCCC5)C3)C(=O)C43CCN(C(=O)C[C@H]4CCN(C(=O)C5CCC(Nc6cccc7c6C(=O)N(C6CCC(=O)NC6=O)C7=O)CC5)C4)CC3)cc3ncn(C(C)C)c23)cc1C(=O)NC(C)C. The predicted molar refractivity (Wildman–Crippen MR) is 329 cm³/mol. The van der Waals surface area contributed by atoms with Crippen molar-refractivity contribution in [2.75, 3.05) is 54.8 Å². The number of imide groups is 2. The van der Waals surface area contributed by atoms with E-state index in [1.807, 2.05) is 54.2 Å². The number of carbonyl (C=O) groups excluding carboxylic acids is 8. The molecule has 2 saturated carbocycles. The van der Waals surface area contributed by atoms with Crippen LogP contribution in [0, 0.1) is 24.6 Å². The van der Waals surface area contributed by atoms with Gasteiger partial charge in [0.1, 0.15) is 17.4 Å². The highest BCUT2D eigenvalue weighted by Crippen LogP contribution is 2.53. The highest BCUT2D eigenvalue weighted by Gasteiger charge is 2.56. The van der Waals surface area contributed by atoms with E-state index in [9.17, 15) is 33.6 Å². The van der Waals surface area contributed by atoms with Crippen LogP contribution in [0.5, 0.6) is 0 Å². The second kappa shape index (κ2) is 23.5. The molecule has 3 aromatic carbocycles. The molecule has 6 aliphatic heterocycles. The van der Waals surface area contributed by atoms with Gasteiger partial charge in [-0.15, -0.1) is 0 Å². The van der Waals surface area contributed by atoms with Crippen LogP contribution in [0.4, 0.5) is 27.3 Å². The molecule has 0 bridgehead atoms. The van der Waals surface area contributed by atoms with Crippen LogP contribution in [0.1, 0.15) is 172 Å². The number of likely N-dealkylation sites (tertiary alicyclic amines) is 3. The molecule has 0 radical (unpaired) electrons. The Kier molecular flexibility index (Phi) is 15.7. The van der Waals surface area contributed by atoms with E-state index in [2.05, 4.69) is 43.2 Å². The van der Waals surface area contributed by atoms with Gasteiger partial charge in [0.25, 0.3) is 17.7 Å². The number of fused-ring (bicyclic) bond motifs is 4. The monoisotopic (exact) mass is 1200 g/mol. The van der Waals surface area contributed by atoms with E-state index < -0.39 is 40.9 Å². The van der Waals surface area contributed by atoms with Crippen LogP contribution < -0.4 is 26.2 Å². The summed E-state index contributed by atoms with van der Waals surface area (Å²) >= 11 is 0. The Labute approximate surface area is 511 Å². The van der Waals surface area contributed by atoms with Crippen molar-refractivity contribution in [1.82, 2.24) is 44.8 Å². The molecule has 13 rings (SSSR count). The number of rotatable bonds is 14. The average Bonchev–Trinajstić information content (AvgIpc) is 1.58. The van der Waals surface area contributed by atoms with E-state index in [-0.39, 0.29) is 89.3 Å². The first-order valence-corrected chi connectivity index (χ1v) is 32.0. The maximum atomic E-state index is 16.0. The Morgan fingerprint density at radius 3 is 2.28 bits per heavy atom. The summed E-state index contributed by atoms with van der Waals surface area (Å²) in [4.78, 5) is 128. The zero-order valence-electron chi connectivity index (χ0n) is 51.0. The largest absolute Gasteiger partial charge is 0.382 e. The molecule has 88 heavy (non-hydrogen) atoms. The number of nitrogens with one attached hydrogen (secondary N) is 4. The summed E-state index contributed by atoms with van der Waals surface area (Å²) in [5.41, 5.74) is 5.64. The third-order valence-corrected chi connectivity index (χ3v) is 20.3. The number of hydrogen-bond donors (Lipinski definition) is 4. The molecule has 462 valence electrons. The Morgan fingerprint density at radius 2 is 1.56 bits per heavy atom. The number of amides is 8. The van der Waals surface area contributed by atoms with Gasteiger partial charge in [0.05, 0.1) is 39.8 Å². The number of aryl methyl sites for hydroxylation is 1. The van der Waals surface area contributed by atoms with Gasteiger partial charge in [-0.3, -0.25) is 48.6 Å². The van der Waals surface area contributed by atoms with E-state index >= 15 is 9.18 Å². The molecule has 21 heteroatoms.